The van der Waals surface area contributed by atoms with Crippen molar-refractivity contribution in [1.29, 1.82) is 0 Å². The van der Waals surface area contributed by atoms with Crippen molar-refractivity contribution in [2.24, 2.45) is 11.7 Å². The average molecular weight is 203 g/mol. The van der Waals surface area contributed by atoms with Crippen LogP contribution in [0, 0.1) is 5.92 Å². The first-order valence-corrected chi connectivity index (χ1v) is 4.46. The number of amides is 3. The molecular weight excluding hydrogens is 186 g/mol. The Morgan fingerprint density at radius 3 is 2.29 bits per heavy atom. The molecule has 3 amide bonds. The molecule has 0 unspecified atom stereocenters. The lowest BCUT2D eigenvalue weighted by Gasteiger charge is -2.21. The summed E-state index contributed by atoms with van der Waals surface area (Å²) in [6.07, 6.45) is -1.08. The number of hydrogen-bond donors (Lipinski definition) is 3. The molecule has 0 saturated heterocycles. The fraction of sp³-hybridized carbons (Fsp3) is 0.750. The van der Waals surface area contributed by atoms with E-state index in [0.717, 1.165) is 0 Å². The molecule has 0 aliphatic heterocycles. The van der Waals surface area contributed by atoms with Gasteiger partial charge in [-0.1, -0.05) is 13.8 Å². The van der Waals surface area contributed by atoms with Gasteiger partial charge in [0.05, 0.1) is 6.61 Å². The molecule has 0 aromatic heterocycles. The average Bonchev–Trinajstić information content (AvgIpc) is 2.02. The topological polar surface area (TPSA) is 93.4 Å². The zero-order valence-electron chi connectivity index (χ0n) is 8.66. The summed E-state index contributed by atoms with van der Waals surface area (Å²) in [5, 5.41) is 4.87. The minimum atomic E-state index is -0.680. The second-order valence-electron chi connectivity index (χ2n) is 3.10. The normalized spacial score (nSPS) is 12.0. The molecule has 0 heterocycles. The molecule has 0 fully saturated rings. The Bertz CT molecular complexity index is 206. The highest BCUT2D eigenvalue weighted by molar-refractivity contribution is 5.73. The number of nitrogens with one attached hydrogen (secondary N) is 2. The van der Waals surface area contributed by atoms with Gasteiger partial charge in [0.2, 0.25) is 0 Å². The number of nitrogens with two attached hydrogens (primary N) is 1. The number of rotatable bonds is 4. The smallest absolute Gasteiger partial charge is 0.408 e. The summed E-state index contributed by atoms with van der Waals surface area (Å²) in [6, 6.07) is -0.680. The van der Waals surface area contributed by atoms with Crippen molar-refractivity contribution in [2.75, 3.05) is 6.61 Å². The fourth-order valence-corrected chi connectivity index (χ4v) is 0.822. The maximum atomic E-state index is 11.0. The van der Waals surface area contributed by atoms with Crippen molar-refractivity contribution >= 4 is 12.1 Å². The van der Waals surface area contributed by atoms with Crippen molar-refractivity contribution in [3.63, 3.8) is 0 Å². The van der Waals surface area contributed by atoms with Gasteiger partial charge in [0.15, 0.2) is 0 Å². The zero-order valence-corrected chi connectivity index (χ0v) is 8.66. The van der Waals surface area contributed by atoms with E-state index in [4.69, 9.17) is 5.73 Å². The van der Waals surface area contributed by atoms with Gasteiger partial charge in [-0.05, 0) is 12.8 Å². The van der Waals surface area contributed by atoms with Gasteiger partial charge in [-0.25, -0.2) is 9.59 Å². The van der Waals surface area contributed by atoms with Gasteiger partial charge >= 0.3 is 12.1 Å². The first-order chi connectivity index (χ1) is 6.47. The lowest BCUT2D eigenvalue weighted by Crippen LogP contribution is -2.52. The molecule has 0 spiro atoms. The second kappa shape index (κ2) is 6.06. The van der Waals surface area contributed by atoms with Crippen LogP contribution >= 0.6 is 0 Å². The number of urea groups is 1. The Balaban J connectivity index is 4.09. The Hall–Kier alpha value is -1.46. The van der Waals surface area contributed by atoms with Gasteiger partial charge in [0.25, 0.3) is 0 Å². The maximum Gasteiger partial charge on any atom is 0.408 e. The minimum absolute atomic E-state index is 0.0342. The predicted molar refractivity (Wildman–Crippen MR) is 51.5 cm³/mol. The van der Waals surface area contributed by atoms with E-state index in [9.17, 15) is 9.59 Å². The number of hydrogen-bond acceptors (Lipinski definition) is 3. The number of alkyl carbamates (subject to hydrolysis) is 1. The molecule has 0 radical (unpaired) electrons. The van der Waals surface area contributed by atoms with E-state index in [-0.39, 0.29) is 12.5 Å². The Morgan fingerprint density at radius 1 is 1.36 bits per heavy atom. The molecule has 0 aliphatic rings. The van der Waals surface area contributed by atoms with Crippen LogP contribution in [0.15, 0.2) is 0 Å². The molecule has 4 N–H and O–H groups in total. The van der Waals surface area contributed by atoms with Crippen LogP contribution in [0.4, 0.5) is 9.59 Å². The number of primary amides is 1. The lowest BCUT2D eigenvalue weighted by atomic mass is 10.1. The quantitative estimate of drug-likeness (QED) is 0.577. The SMILES string of the molecule is CCOC(=O)N[C@H](NC(N)=O)C(C)C. The number of carbonyl (C=O) groups is 2. The van der Waals surface area contributed by atoms with Crippen LogP contribution in [0.1, 0.15) is 20.8 Å². The molecule has 0 bridgehead atoms. The number of carbonyl (C=O) groups excluding carboxylic acids is 2. The monoisotopic (exact) mass is 203 g/mol. The van der Waals surface area contributed by atoms with Crippen LogP contribution in [-0.2, 0) is 4.74 Å². The van der Waals surface area contributed by atoms with Crippen LogP contribution in [0.2, 0.25) is 0 Å². The van der Waals surface area contributed by atoms with E-state index in [2.05, 4.69) is 15.4 Å². The van der Waals surface area contributed by atoms with Crippen molar-refractivity contribution in [3.8, 4) is 0 Å². The molecule has 0 aromatic rings. The predicted octanol–water partition coefficient (Wildman–Crippen LogP) is 0.383. The second-order valence-corrected chi connectivity index (χ2v) is 3.10. The molecule has 6 heteroatoms. The Labute approximate surface area is 83.2 Å². The van der Waals surface area contributed by atoms with Crippen molar-refractivity contribution in [1.82, 2.24) is 10.6 Å². The summed E-state index contributed by atoms with van der Waals surface area (Å²) in [5.74, 6) is 0.0342. The molecular formula is C8H17N3O3. The lowest BCUT2D eigenvalue weighted by molar-refractivity contribution is 0.142. The van der Waals surface area contributed by atoms with Gasteiger partial charge in [-0.15, -0.1) is 0 Å². The van der Waals surface area contributed by atoms with Gasteiger partial charge in [0.1, 0.15) is 6.17 Å². The summed E-state index contributed by atoms with van der Waals surface area (Å²) in [7, 11) is 0. The molecule has 1 atom stereocenters. The Morgan fingerprint density at radius 2 is 1.93 bits per heavy atom. The van der Waals surface area contributed by atoms with E-state index in [0.29, 0.717) is 0 Å². The van der Waals surface area contributed by atoms with Gasteiger partial charge < -0.3 is 21.1 Å². The van der Waals surface area contributed by atoms with Crippen LogP contribution < -0.4 is 16.4 Å². The van der Waals surface area contributed by atoms with Crippen molar-refractivity contribution in [2.45, 2.75) is 26.9 Å². The van der Waals surface area contributed by atoms with Gasteiger partial charge in [-0.3, -0.25) is 0 Å². The van der Waals surface area contributed by atoms with Crippen LogP contribution in [0.3, 0.4) is 0 Å². The van der Waals surface area contributed by atoms with E-state index < -0.39 is 18.3 Å². The highest BCUT2D eigenvalue weighted by atomic mass is 16.5. The summed E-state index contributed by atoms with van der Waals surface area (Å²) in [5.41, 5.74) is 4.94. The van der Waals surface area contributed by atoms with E-state index in [1.54, 1.807) is 6.92 Å². The molecule has 82 valence electrons. The maximum absolute atomic E-state index is 11.0. The highest BCUT2D eigenvalue weighted by Gasteiger charge is 2.17. The minimum Gasteiger partial charge on any atom is -0.450 e. The highest BCUT2D eigenvalue weighted by Crippen LogP contribution is 1.98. The Kier molecular flexibility index (Phi) is 5.43. The third-order valence-corrected chi connectivity index (χ3v) is 1.51. The van der Waals surface area contributed by atoms with Gasteiger partial charge in [-0.2, -0.15) is 0 Å². The summed E-state index contributed by atoms with van der Waals surface area (Å²) in [4.78, 5) is 21.6. The van der Waals surface area contributed by atoms with Crippen LogP contribution in [0.25, 0.3) is 0 Å². The molecule has 0 saturated carbocycles. The molecule has 14 heavy (non-hydrogen) atoms. The first kappa shape index (κ1) is 12.5. The van der Waals surface area contributed by atoms with Crippen LogP contribution in [0.5, 0.6) is 0 Å². The molecule has 0 aliphatic carbocycles. The number of ether oxygens (including phenoxy) is 1. The summed E-state index contributed by atoms with van der Waals surface area (Å²) >= 11 is 0. The van der Waals surface area contributed by atoms with Crippen molar-refractivity contribution < 1.29 is 14.3 Å². The summed E-state index contributed by atoms with van der Waals surface area (Å²) < 4.78 is 4.66. The van der Waals surface area contributed by atoms with Crippen LogP contribution in [-0.4, -0.2) is 24.9 Å². The molecule has 6 nitrogen and oxygen atoms in total. The molecule has 0 aromatic carbocycles. The van der Waals surface area contributed by atoms with E-state index in [1.165, 1.54) is 0 Å². The van der Waals surface area contributed by atoms with E-state index in [1.807, 2.05) is 13.8 Å². The first-order valence-electron chi connectivity index (χ1n) is 4.46. The van der Waals surface area contributed by atoms with Gasteiger partial charge in [0, 0.05) is 0 Å². The summed E-state index contributed by atoms with van der Waals surface area (Å²) in [6.45, 7) is 5.67. The van der Waals surface area contributed by atoms with E-state index >= 15 is 0 Å². The van der Waals surface area contributed by atoms with Crippen molar-refractivity contribution in [3.05, 3.63) is 0 Å². The zero-order chi connectivity index (χ0) is 11.1. The largest absolute Gasteiger partial charge is 0.450 e. The molecule has 0 rings (SSSR count). The fourth-order valence-electron chi connectivity index (χ4n) is 0.822. The third kappa shape index (κ3) is 5.23. The standard InChI is InChI=1S/C8H17N3O3/c1-4-14-8(13)11-6(5(2)3)10-7(9)12/h5-6H,4H2,1-3H3,(H,11,13)(H3,9,10,12)/t6-/m0/s1. The third-order valence-electron chi connectivity index (χ3n) is 1.51.